The van der Waals surface area contributed by atoms with Crippen molar-refractivity contribution in [2.24, 2.45) is 5.73 Å². The number of aromatic nitrogens is 1. The molecule has 0 saturated heterocycles. The molecule has 0 amide bonds. The number of hydrogen-bond donors (Lipinski definition) is 1. The van der Waals surface area contributed by atoms with Gasteiger partial charge in [0.25, 0.3) is 0 Å². The maximum Gasteiger partial charge on any atom is 0.0951 e. The van der Waals surface area contributed by atoms with Crippen LogP contribution in [0.25, 0.3) is 0 Å². The van der Waals surface area contributed by atoms with Crippen LogP contribution in [0.15, 0.2) is 5.38 Å². The van der Waals surface area contributed by atoms with Crippen LogP contribution in [0.3, 0.4) is 0 Å². The molecule has 0 spiro atoms. The summed E-state index contributed by atoms with van der Waals surface area (Å²) >= 11 is 1.73. The first-order valence-corrected chi connectivity index (χ1v) is 6.90. The predicted octanol–water partition coefficient (Wildman–Crippen LogP) is 2.15. The minimum atomic E-state index is 0.0469. The van der Waals surface area contributed by atoms with E-state index in [1.807, 2.05) is 6.92 Å². The standard InChI is InChI=1S/C12H20N2OS/c1-2-15-7-4-11-14-10(9-16-11)8-12(13)5-3-6-12/h9H,2-8,13H2,1H3. The van der Waals surface area contributed by atoms with Gasteiger partial charge in [0.2, 0.25) is 0 Å². The van der Waals surface area contributed by atoms with Crippen LogP contribution in [-0.4, -0.2) is 23.7 Å². The first kappa shape index (κ1) is 12.0. The molecular weight excluding hydrogens is 220 g/mol. The first-order chi connectivity index (χ1) is 7.72. The Kier molecular flexibility index (Phi) is 3.95. The molecule has 1 aliphatic carbocycles. The van der Waals surface area contributed by atoms with Gasteiger partial charge in [-0.25, -0.2) is 4.98 Å². The second-order valence-electron chi connectivity index (χ2n) is 4.57. The molecule has 3 nitrogen and oxygen atoms in total. The van der Waals surface area contributed by atoms with Crippen LogP contribution in [0.4, 0.5) is 0 Å². The van der Waals surface area contributed by atoms with Crippen molar-refractivity contribution in [1.29, 1.82) is 0 Å². The van der Waals surface area contributed by atoms with Crippen LogP contribution in [0.5, 0.6) is 0 Å². The van der Waals surface area contributed by atoms with Crippen molar-refractivity contribution in [2.45, 2.75) is 44.6 Å². The molecular formula is C12H20N2OS. The Balaban J connectivity index is 1.82. The van der Waals surface area contributed by atoms with E-state index in [0.29, 0.717) is 0 Å². The third kappa shape index (κ3) is 3.03. The molecule has 2 rings (SSSR count). The molecule has 0 bridgehead atoms. The Hall–Kier alpha value is -0.450. The quantitative estimate of drug-likeness (QED) is 0.775. The number of thiazole rings is 1. The maximum absolute atomic E-state index is 6.21. The van der Waals surface area contributed by atoms with Gasteiger partial charge in [-0.3, -0.25) is 0 Å². The number of ether oxygens (including phenoxy) is 1. The van der Waals surface area contributed by atoms with Crippen molar-refractivity contribution in [3.8, 4) is 0 Å². The van der Waals surface area contributed by atoms with Crippen molar-refractivity contribution >= 4 is 11.3 Å². The summed E-state index contributed by atoms with van der Waals surface area (Å²) in [6.07, 6.45) is 5.45. The highest BCUT2D eigenvalue weighted by Crippen LogP contribution is 2.32. The lowest BCUT2D eigenvalue weighted by atomic mass is 9.75. The van der Waals surface area contributed by atoms with Gasteiger partial charge in [-0.15, -0.1) is 11.3 Å². The fourth-order valence-corrected chi connectivity index (χ4v) is 2.80. The smallest absolute Gasteiger partial charge is 0.0951 e. The summed E-state index contributed by atoms with van der Waals surface area (Å²) in [5, 5.41) is 3.32. The molecule has 1 aromatic rings. The highest BCUT2D eigenvalue weighted by molar-refractivity contribution is 7.09. The van der Waals surface area contributed by atoms with Gasteiger partial charge in [-0.1, -0.05) is 0 Å². The minimum absolute atomic E-state index is 0.0469. The van der Waals surface area contributed by atoms with E-state index in [4.69, 9.17) is 10.5 Å². The van der Waals surface area contributed by atoms with Crippen LogP contribution < -0.4 is 5.73 Å². The Morgan fingerprint density at radius 1 is 1.56 bits per heavy atom. The lowest BCUT2D eigenvalue weighted by molar-refractivity contribution is 0.151. The highest BCUT2D eigenvalue weighted by atomic mass is 32.1. The zero-order valence-corrected chi connectivity index (χ0v) is 10.7. The topological polar surface area (TPSA) is 48.1 Å². The molecule has 0 aromatic carbocycles. The Bertz CT molecular complexity index is 334. The fourth-order valence-electron chi connectivity index (χ4n) is 2.02. The van der Waals surface area contributed by atoms with Crippen LogP contribution in [0.1, 0.15) is 36.9 Å². The van der Waals surface area contributed by atoms with Crippen molar-refractivity contribution in [3.05, 3.63) is 16.1 Å². The predicted molar refractivity (Wildman–Crippen MR) is 66.8 cm³/mol. The van der Waals surface area contributed by atoms with E-state index in [9.17, 15) is 0 Å². The third-order valence-corrected chi connectivity index (χ3v) is 4.10. The molecule has 1 fully saturated rings. The van der Waals surface area contributed by atoms with Gasteiger partial charge in [0, 0.05) is 30.4 Å². The molecule has 1 aromatic heterocycles. The van der Waals surface area contributed by atoms with Crippen molar-refractivity contribution in [1.82, 2.24) is 4.98 Å². The number of hydrogen-bond acceptors (Lipinski definition) is 4. The van der Waals surface area contributed by atoms with E-state index in [1.54, 1.807) is 11.3 Å². The lowest BCUT2D eigenvalue weighted by Gasteiger charge is -2.37. The lowest BCUT2D eigenvalue weighted by Crippen LogP contribution is -2.48. The molecule has 1 saturated carbocycles. The van der Waals surface area contributed by atoms with Crippen LogP contribution >= 0.6 is 11.3 Å². The fraction of sp³-hybridized carbons (Fsp3) is 0.750. The van der Waals surface area contributed by atoms with Gasteiger partial charge in [-0.2, -0.15) is 0 Å². The second kappa shape index (κ2) is 5.25. The average molecular weight is 240 g/mol. The van der Waals surface area contributed by atoms with Crippen LogP contribution in [0, 0.1) is 0 Å². The first-order valence-electron chi connectivity index (χ1n) is 6.02. The van der Waals surface area contributed by atoms with Crippen LogP contribution in [0.2, 0.25) is 0 Å². The van der Waals surface area contributed by atoms with Crippen molar-refractivity contribution in [3.63, 3.8) is 0 Å². The van der Waals surface area contributed by atoms with E-state index >= 15 is 0 Å². The van der Waals surface area contributed by atoms with E-state index in [2.05, 4.69) is 10.4 Å². The summed E-state index contributed by atoms with van der Waals surface area (Å²) in [6, 6.07) is 0. The molecule has 2 N–H and O–H groups in total. The summed E-state index contributed by atoms with van der Waals surface area (Å²) in [5.74, 6) is 0. The van der Waals surface area contributed by atoms with Gasteiger partial charge < -0.3 is 10.5 Å². The van der Waals surface area contributed by atoms with Crippen LogP contribution in [-0.2, 0) is 17.6 Å². The average Bonchev–Trinajstić information content (AvgIpc) is 2.64. The van der Waals surface area contributed by atoms with E-state index in [-0.39, 0.29) is 5.54 Å². The number of nitrogens with two attached hydrogens (primary N) is 1. The van der Waals surface area contributed by atoms with Crippen molar-refractivity contribution < 1.29 is 4.74 Å². The van der Waals surface area contributed by atoms with E-state index in [1.165, 1.54) is 17.1 Å². The normalized spacial score (nSPS) is 18.4. The largest absolute Gasteiger partial charge is 0.381 e. The number of rotatable bonds is 6. The number of nitrogens with zero attached hydrogens (tertiary/aromatic N) is 1. The molecule has 0 aliphatic heterocycles. The molecule has 4 heteroatoms. The SMILES string of the molecule is CCOCCc1nc(CC2(N)CCC2)cs1. The molecule has 0 unspecified atom stereocenters. The van der Waals surface area contributed by atoms with E-state index in [0.717, 1.165) is 38.9 Å². The monoisotopic (exact) mass is 240 g/mol. The second-order valence-corrected chi connectivity index (χ2v) is 5.51. The Labute approximate surface area is 101 Å². The van der Waals surface area contributed by atoms with Gasteiger partial charge in [0.05, 0.1) is 17.3 Å². The molecule has 0 atom stereocenters. The highest BCUT2D eigenvalue weighted by Gasteiger charge is 2.33. The zero-order chi connectivity index (χ0) is 11.4. The maximum atomic E-state index is 6.21. The molecule has 90 valence electrons. The summed E-state index contributed by atoms with van der Waals surface area (Å²) in [7, 11) is 0. The van der Waals surface area contributed by atoms with E-state index < -0.39 is 0 Å². The molecule has 1 aliphatic rings. The summed E-state index contributed by atoms with van der Waals surface area (Å²) in [4.78, 5) is 4.61. The minimum Gasteiger partial charge on any atom is -0.381 e. The third-order valence-electron chi connectivity index (χ3n) is 3.15. The van der Waals surface area contributed by atoms with Gasteiger partial charge in [0.1, 0.15) is 0 Å². The summed E-state index contributed by atoms with van der Waals surface area (Å²) in [6.45, 7) is 3.57. The molecule has 16 heavy (non-hydrogen) atoms. The Morgan fingerprint density at radius 2 is 2.38 bits per heavy atom. The Morgan fingerprint density at radius 3 is 3.00 bits per heavy atom. The molecule has 0 radical (unpaired) electrons. The summed E-state index contributed by atoms with van der Waals surface area (Å²) in [5.41, 5.74) is 7.42. The summed E-state index contributed by atoms with van der Waals surface area (Å²) < 4.78 is 5.32. The zero-order valence-electron chi connectivity index (χ0n) is 9.87. The van der Waals surface area contributed by atoms with Gasteiger partial charge in [-0.05, 0) is 26.2 Å². The van der Waals surface area contributed by atoms with Gasteiger partial charge >= 0.3 is 0 Å². The molecule has 1 heterocycles. The van der Waals surface area contributed by atoms with Gasteiger partial charge in [0.15, 0.2) is 0 Å². The van der Waals surface area contributed by atoms with Crippen molar-refractivity contribution in [2.75, 3.05) is 13.2 Å².